The topological polar surface area (TPSA) is 88.1 Å². The van der Waals surface area contributed by atoms with Gasteiger partial charge in [0.25, 0.3) is 10.0 Å². The number of rotatable bonds is 7. The maximum absolute atomic E-state index is 12.9. The van der Waals surface area contributed by atoms with Crippen LogP contribution in [0.25, 0.3) is 0 Å². The lowest BCUT2D eigenvalue weighted by molar-refractivity contribution is -0.132. The SMILES string of the molecule is CCC(=O)N1N=C(c2ccccc2NS(=O)(=O)c2ccccc2)C[C@@H]1c1ccccc1OC. The number of anilines is 1. The minimum Gasteiger partial charge on any atom is -0.496 e. The number of nitrogens with one attached hydrogen (secondary N) is 1. The molecule has 33 heavy (non-hydrogen) atoms. The Hall–Kier alpha value is -3.65. The zero-order chi connectivity index (χ0) is 23.4. The second-order valence-corrected chi connectivity index (χ2v) is 9.25. The van der Waals surface area contributed by atoms with Crippen LogP contribution in [0.2, 0.25) is 0 Å². The standard InChI is InChI=1S/C25H25N3O4S/c1-3-25(29)28-23(20-14-8-10-16-24(20)32-2)17-22(26-28)19-13-7-9-15-21(19)27-33(30,31)18-11-5-4-6-12-18/h4-16,23,27H,3,17H2,1-2H3/t23-/m1/s1. The van der Waals surface area contributed by atoms with Crippen molar-refractivity contribution in [3.05, 3.63) is 90.0 Å². The Morgan fingerprint density at radius 3 is 2.42 bits per heavy atom. The molecule has 0 fully saturated rings. The van der Waals surface area contributed by atoms with E-state index in [1.807, 2.05) is 30.3 Å². The molecule has 7 nitrogen and oxygen atoms in total. The van der Waals surface area contributed by atoms with Crippen LogP contribution < -0.4 is 9.46 Å². The van der Waals surface area contributed by atoms with Gasteiger partial charge in [-0.2, -0.15) is 5.10 Å². The molecule has 0 aliphatic carbocycles. The Morgan fingerprint density at radius 1 is 1.03 bits per heavy atom. The maximum Gasteiger partial charge on any atom is 0.261 e. The average molecular weight is 464 g/mol. The first-order chi connectivity index (χ1) is 15.9. The highest BCUT2D eigenvalue weighted by molar-refractivity contribution is 7.92. The molecule has 1 heterocycles. The predicted molar refractivity (Wildman–Crippen MR) is 128 cm³/mol. The second-order valence-electron chi connectivity index (χ2n) is 7.56. The molecule has 0 saturated carbocycles. The van der Waals surface area contributed by atoms with Gasteiger partial charge in [0.2, 0.25) is 5.91 Å². The van der Waals surface area contributed by atoms with Gasteiger partial charge in [-0.15, -0.1) is 0 Å². The lowest BCUT2D eigenvalue weighted by Crippen LogP contribution is -2.26. The van der Waals surface area contributed by atoms with Crippen molar-refractivity contribution in [3.8, 4) is 5.75 Å². The molecule has 0 aromatic heterocycles. The molecule has 8 heteroatoms. The number of carbonyl (C=O) groups is 1. The molecule has 3 aromatic rings. The van der Waals surface area contributed by atoms with Crippen molar-refractivity contribution in [2.45, 2.75) is 30.7 Å². The van der Waals surface area contributed by atoms with Crippen molar-refractivity contribution in [2.24, 2.45) is 5.10 Å². The van der Waals surface area contributed by atoms with E-state index in [2.05, 4.69) is 9.82 Å². The Balaban J connectivity index is 1.72. The fourth-order valence-corrected chi connectivity index (χ4v) is 4.98. The molecule has 0 unspecified atom stereocenters. The van der Waals surface area contributed by atoms with E-state index >= 15 is 0 Å². The summed E-state index contributed by atoms with van der Waals surface area (Å²) in [6.45, 7) is 1.79. The smallest absolute Gasteiger partial charge is 0.261 e. The minimum atomic E-state index is -3.78. The average Bonchev–Trinajstić information content (AvgIpc) is 3.29. The number of methoxy groups -OCH3 is 1. The monoisotopic (exact) mass is 463 g/mol. The number of carbonyl (C=O) groups excluding carboxylic acids is 1. The Bertz CT molecular complexity index is 1290. The van der Waals surface area contributed by atoms with Gasteiger partial charge < -0.3 is 4.74 Å². The molecule has 1 N–H and O–H groups in total. The Labute approximate surface area is 193 Å². The first kappa shape index (κ1) is 22.5. The summed E-state index contributed by atoms with van der Waals surface area (Å²) in [6.07, 6.45) is 0.723. The van der Waals surface area contributed by atoms with E-state index in [1.54, 1.807) is 50.4 Å². The highest BCUT2D eigenvalue weighted by Crippen LogP contribution is 2.38. The second kappa shape index (κ2) is 9.46. The van der Waals surface area contributed by atoms with Crippen molar-refractivity contribution in [1.29, 1.82) is 0 Å². The lowest BCUT2D eigenvalue weighted by atomic mass is 9.97. The van der Waals surface area contributed by atoms with Gasteiger partial charge in [-0.1, -0.05) is 61.5 Å². The first-order valence-electron chi connectivity index (χ1n) is 10.6. The third-order valence-electron chi connectivity index (χ3n) is 5.50. The summed E-state index contributed by atoms with van der Waals surface area (Å²) >= 11 is 0. The zero-order valence-electron chi connectivity index (χ0n) is 18.4. The van der Waals surface area contributed by atoms with Gasteiger partial charge in [-0.05, 0) is 24.3 Å². The van der Waals surface area contributed by atoms with E-state index in [-0.39, 0.29) is 16.8 Å². The number of ether oxygens (including phenoxy) is 1. The normalized spacial score (nSPS) is 15.8. The number of amides is 1. The van der Waals surface area contributed by atoms with Gasteiger partial charge in [0.05, 0.1) is 29.4 Å². The summed E-state index contributed by atoms with van der Waals surface area (Å²) in [5.74, 6) is 0.550. The number of benzene rings is 3. The summed E-state index contributed by atoms with van der Waals surface area (Å²) in [4.78, 5) is 12.9. The molecular formula is C25H25N3O4S. The fourth-order valence-electron chi connectivity index (χ4n) is 3.88. The van der Waals surface area contributed by atoms with Crippen LogP contribution in [0.1, 0.15) is 36.9 Å². The van der Waals surface area contributed by atoms with E-state index in [4.69, 9.17) is 4.74 Å². The van der Waals surface area contributed by atoms with Crippen molar-refractivity contribution >= 4 is 27.3 Å². The fraction of sp³-hybridized carbons (Fsp3) is 0.200. The number of sulfonamides is 1. The molecule has 3 aromatic carbocycles. The van der Waals surface area contributed by atoms with Gasteiger partial charge in [-0.3, -0.25) is 9.52 Å². The van der Waals surface area contributed by atoms with Gasteiger partial charge in [0.1, 0.15) is 5.75 Å². The number of hydrogen-bond donors (Lipinski definition) is 1. The van der Waals surface area contributed by atoms with Crippen molar-refractivity contribution in [2.75, 3.05) is 11.8 Å². The number of hydrogen-bond acceptors (Lipinski definition) is 5. The molecule has 1 atom stereocenters. The Kier molecular flexibility index (Phi) is 6.46. The number of nitrogens with zero attached hydrogens (tertiary/aromatic N) is 2. The third kappa shape index (κ3) is 4.61. The van der Waals surface area contributed by atoms with Crippen LogP contribution in [-0.4, -0.2) is 32.2 Å². The van der Waals surface area contributed by atoms with Crippen molar-refractivity contribution in [1.82, 2.24) is 5.01 Å². The molecule has 0 spiro atoms. The van der Waals surface area contributed by atoms with Crippen LogP contribution in [0.3, 0.4) is 0 Å². The quantitative estimate of drug-likeness (QED) is 0.555. The summed E-state index contributed by atoms with van der Waals surface area (Å²) < 4.78 is 34.0. The third-order valence-corrected chi connectivity index (χ3v) is 6.88. The van der Waals surface area contributed by atoms with Gasteiger partial charge in [-0.25, -0.2) is 13.4 Å². The molecule has 1 amide bonds. The van der Waals surface area contributed by atoms with Crippen LogP contribution in [0.5, 0.6) is 5.75 Å². The van der Waals surface area contributed by atoms with Gasteiger partial charge >= 0.3 is 0 Å². The summed E-state index contributed by atoms with van der Waals surface area (Å²) in [5, 5.41) is 6.12. The zero-order valence-corrected chi connectivity index (χ0v) is 19.2. The highest BCUT2D eigenvalue weighted by Gasteiger charge is 2.35. The summed E-state index contributed by atoms with van der Waals surface area (Å²) in [7, 11) is -2.19. The largest absolute Gasteiger partial charge is 0.496 e. The predicted octanol–water partition coefficient (Wildman–Crippen LogP) is 4.58. The molecule has 0 radical (unpaired) electrons. The number of hydrazone groups is 1. The molecule has 0 bridgehead atoms. The maximum atomic E-state index is 12.9. The van der Waals surface area contributed by atoms with Crippen LogP contribution in [-0.2, 0) is 14.8 Å². The van der Waals surface area contributed by atoms with Gasteiger partial charge in [0.15, 0.2) is 0 Å². The molecule has 0 saturated heterocycles. The van der Waals surface area contributed by atoms with Crippen molar-refractivity contribution < 1.29 is 17.9 Å². The van der Waals surface area contributed by atoms with E-state index in [0.29, 0.717) is 35.6 Å². The lowest BCUT2D eigenvalue weighted by Gasteiger charge is -2.23. The molecule has 1 aliphatic rings. The van der Waals surface area contributed by atoms with E-state index < -0.39 is 10.0 Å². The van der Waals surface area contributed by atoms with E-state index in [1.165, 1.54) is 17.1 Å². The van der Waals surface area contributed by atoms with Gasteiger partial charge in [0, 0.05) is 24.0 Å². The summed E-state index contributed by atoms with van der Waals surface area (Å²) in [5.41, 5.74) is 2.51. The van der Waals surface area contributed by atoms with Crippen LogP contribution in [0.4, 0.5) is 5.69 Å². The molecule has 1 aliphatic heterocycles. The molecule has 170 valence electrons. The molecular weight excluding hydrogens is 438 g/mol. The summed E-state index contributed by atoms with van der Waals surface area (Å²) in [6, 6.07) is 22.5. The van der Waals surface area contributed by atoms with Crippen LogP contribution >= 0.6 is 0 Å². The van der Waals surface area contributed by atoms with E-state index in [9.17, 15) is 13.2 Å². The molecule has 4 rings (SSSR count). The van der Waals surface area contributed by atoms with Crippen molar-refractivity contribution in [3.63, 3.8) is 0 Å². The van der Waals surface area contributed by atoms with Crippen LogP contribution in [0, 0.1) is 0 Å². The van der Waals surface area contributed by atoms with Crippen LogP contribution in [0.15, 0.2) is 88.9 Å². The van der Waals surface area contributed by atoms with E-state index in [0.717, 1.165) is 5.56 Å². The highest BCUT2D eigenvalue weighted by atomic mass is 32.2. The number of para-hydroxylation sites is 2. The Morgan fingerprint density at radius 2 is 1.70 bits per heavy atom. The first-order valence-corrected chi connectivity index (χ1v) is 12.1. The minimum absolute atomic E-state index is 0.122.